The van der Waals surface area contributed by atoms with E-state index in [1.165, 1.54) is 48.7 Å². The van der Waals surface area contributed by atoms with E-state index in [4.69, 9.17) is 9.98 Å². The van der Waals surface area contributed by atoms with Gasteiger partial charge < -0.3 is 5.32 Å². The van der Waals surface area contributed by atoms with E-state index in [0.717, 1.165) is 39.2 Å². The molecule has 11 rings (SSSR count). The van der Waals surface area contributed by atoms with E-state index in [0.29, 0.717) is 11.4 Å². The van der Waals surface area contributed by atoms with Crippen LogP contribution in [0.4, 0.5) is 0 Å². The molecule has 0 saturated heterocycles. The van der Waals surface area contributed by atoms with Crippen LogP contribution in [0.15, 0.2) is 214 Å². The van der Waals surface area contributed by atoms with E-state index < -0.39 is 5.41 Å². The van der Waals surface area contributed by atoms with Gasteiger partial charge in [-0.25, -0.2) is 9.98 Å². The van der Waals surface area contributed by atoms with Crippen LogP contribution < -0.4 is 5.32 Å². The predicted octanol–water partition coefficient (Wildman–Crippen LogP) is 12.2. The highest BCUT2D eigenvalue weighted by Crippen LogP contribution is 2.63. The number of fused-ring (bicyclic) bond motifs is 9. The Morgan fingerprint density at radius 2 is 1.09 bits per heavy atom. The zero-order chi connectivity index (χ0) is 38.6. The van der Waals surface area contributed by atoms with Crippen molar-refractivity contribution in [1.29, 1.82) is 5.26 Å². The Hall–Kier alpha value is -7.26. The molecule has 0 saturated carbocycles. The van der Waals surface area contributed by atoms with E-state index in [9.17, 15) is 5.26 Å². The number of nitrogens with one attached hydrogen (secondary N) is 1. The van der Waals surface area contributed by atoms with E-state index in [1.54, 1.807) is 0 Å². The minimum Gasteiger partial charge on any atom is -0.344 e. The highest BCUT2D eigenvalue weighted by Gasteiger charge is 2.51. The van der Waals surface area contributed by atoms with Crippen molar-refractivity contribution in [3.05, 3.63) is 239 Å². The summed E-state index contributed by atoms with van der Waals surface area (Å²) in [7, 11) is 0. The summed E-state index contributed by atoms with van der Waals surface area (Å²) < 4.78 is 0. The maximum Gasteiger partial charge on any atom is 0.159 e. The summed E-state index contributed by atoms with van der Waals surface area (Å²) in [5, 5.41) is 13.0. The second-order valence-electron chi connectivity index (χ2n) is 14.8. The van der Waals surface area contributed by atoms with Crippen molar-refractivity contribution in [3.8, 4) is 39.4 Å². The molecule has 272 valence electrons. The Balaban J connectivity index is 1.14. The Morgan fingerprint density at radius 3 is 1.78 bits per heavy atom. The highest BCUT2D eigenvalue weighted by molar-refractivity contribution is 7.99. The fourth-order valence-electron chi connectivity index (χ4n) is 9.03. The molecule has 1 aliphatic carbocycles. The molecular weight excluding hydrogens is 725 g/mol. The minimum absolute atomic E-state index is 0.297. The minimum atomic E-state index is -0.574. The fourth-order valence-corrected chi connectivity index (χ4v) is 10.2. The van der Waals surface area contributed by atoms with Crippen molar-refractivity contribution < 1.29 is 0 Å². The first-order valence-electron chi connectivity index (χ1n) is 19.5. The van der Waals surface area contributed by atoms with Gasteiger partial charge in [0, 0.05) is 20.9 Å². The Labute approximate surface area is 341 Å². The summed E-state index contributed by atoms with van der Waals surface area (Å²) in [5.41, 5.74) is 15.2. The van der Waals surface area contributed by atoms with Crippen molar-refractivity contribution in [3.63, 3.8) is 0 Å². The molecule has 0 fully saturated rings. The summed E-state index contributed by atoms with van der Waals surface area (Å²) >= 11 is 1.85. The van der Waals surface area contributed by atoms with Crippen molar-refractivity contribution in [2.45, 2.75) is 21.4 Å². The third-order valence-electron chi connectivity index (χ3n) is 11.7. The van der Waals surface area contributed by atoms with Gasteiger partial charge in [-0.1, -0.05) is 176 Å². The normalized spacial score (nSPS) is 15.5. The van der Waals surface area contributed by atoms with Gasteiger partial charge in [0.2, 0.25) is 0 Å². The van der Waals surface area contributed by atoms with Crippen LogP contribution in [0.25, 0.3) is 33.4 Å². The first-order valence-corrected chi connectivity index (χ1v) is 20.3. The number of amidine groups is 2. The lowest BCUT2D eigenvalue weighted by atomic mass is 9.67. The molecule has 3 aliphatic rings. The lowest BCUT2D eigenvalue weighted by Crippen LogP contribution is -2.34. The number of nitriles is 1. The lowest BCUT2D eigenvalue weighted by Gasteiger charge is -2.39. The van der Waals surface area contributed by atoms with E-state index in [-0.39, 0.29) is 6.17 Å². The highest BCUT2D eigenvalue weighted by atomic mass is 32.2. The maximum atomic E-state index is 9.33. The van der Waals surface area contributed by atoms with Gasteiger partial charge in [-0.05, 0) is 91.5 Å². The second-order valence-corrected chi connectivity index (χ2v) is 15.9. The summed E-state index contributed by atoms with van der Waals surface area (Å²) in [6.07, 6.45) is -0.297. The van der Waals surface area contributed by atoms with Crippen molar-refractivity contribution in [2.24, 2.45) is 9.98 Å². The zero-order valence-corrected chi connectivity index (χ0v) is 32.1. The summed E-state index contributed by atoms with van der Waals surface area (Å²) in [6.45, 7) is 0. The third kappa shape index (κ3) is 5.38. The van der Waals surface area contributed by atoms with Crippen LogP contribution in [0.5, 0.6) is 0 Å². The standard InChI is InChI=1S/C53H34N4S/c54-33-34-22-24-35(25-23-34)36-26-28-37(29-27-36)41-16-11-19-45-49(41)42-31-30-40(32-46(42)53(45)43-17-7-9-20-47(43)58-48-21-10-8-18-44(48)53)52-56-50(38-12-3-1-4-13-38)55-51(57-52)39-14-5-2-6-15-39/h1-32,50H,(H,55,56,57). The molecule has 0 radical (unpaired) electrons. The van der Waals surface area contributed by atoms with Crippen molar-refractivity contribution >= 4 is 23.4 Å². The van der Waals surface area contributed by atoms with Crippen molar-refractivity contribution in [1.82, 2.24) is 5.32 Å². The van der Waals surface area contributed by atoms with Gasteiger partial charge in [0.15, 0.2) is 5.84 Å². The summed E-state index contributed by atoms with van der Waals surface area (Å²) in [4.78, 5) is 13.1. The van der Waals surface area contributed by atoms with Gasteiger partial charge >= 0.3 is 0 Å². The molecule has 8 aromatic rings. The number of hydrogen-bond donors (Lipinski definition) is 1. The quantitative estimate of drug-likeness (QED) is 0.190. The van der Waals surface area contributed by atoms with Gasteiger partial charge in [0.05, 0.1) is 17.0 Å². The maximum absolute atomic E-state index is 9.33. The van der Waals surface area contributed by atoms with Gasteiger partial charge in [-0.2, -0.15) is 5.26 Å². The van der Waals surface area contributed by atoms with E-state index in [2.05, 4.69) is 157 Å². The topological polar surface area (TPSA) is 60.5 Å². The number of nitrogens with zero attached hydrogens (tertiary/aromatic N) is 3. The molecule has 8 aromatic carbocycles. The largest absolute Gasteiger partial charge is 0.344 e. The molecule has 1 unspecified atom stereocenters. The Bertz CT molecular complexity index is 2950. The van der Waals surface area contributed by atoms with Gasteiger partial charge in [-0.15, -0.1) is 0 Å². The molecule has 1 N–H and O–H groups in total. The molecular formula is C53H34N4S. The van der Waals surface area contributed by atoms with Crippen LogP contribution in [0, 0.1) is 11.3 Å². The van der Waals surface area contributed by atoms with E-state index in [1.807, 2.05) is 60.3 Å². The average Bonchev–Trinajstić information content (AvgIpc) is 3.59. The first kappa shape index (κ1) is 34.0. The van der Waals surface area contributed by atoms with Crippen LogP contribution in [-0.4, -0.2) is 11.7 Å². The predicted molar refractivity (Wildman–Crippen MR) is 235 cm³/mol. The molecule has 0 bridgehead atoms. The van der Waals surface area contributed by atoms with Gasteiger partial charge in [0.1, 0.15) is 12.0 Å². The number of benzene rings is 8. The first-order chi connectivity index (χ1) is 28.7. The molecule has 0 amide bonds. The second kappa shape index (κ2) is 13.7. The Morgan fingerprint density at radius 1 is 0.500 bits per heavy atom. The molecule has 5 heteroatoms. The molecule has 2 aliphatic heterocycles. The average molecular weight is 759 g/mol. The third-order valence-corrected chi connectivity index (χ3v) is 12.8. The summed E-state index contributed by atoms with van der Waals surface area (Å²) in [6, 6.07) is 71.1. The molecule has 2 heterocycles. The smallest absolute Gasteiger partial charge is 0.159 e. The molecule has 1 atom stereocenters. The van der Waals surface area contributed by atoms with Crippen LogP contribution in [0.1, 0.15) is 50.7 Å². The lowest BCUT2D eigenvalue weighted by molar-refractivity contribution is 0.674. The molecule has 1 spiro atoms. The van der Waals surface area contributed by atoms with Crippen LogP contribution in [0.2, 0.25) is 0 Å². The van der Waals surface area contributed by atoms with Crippen LogP contribution >= 0.6 is 11.8 Å². The van der Waals surface area contributed by atoms with Gasteiger partial charge in [-0.3, -0.25) is 0 Å². The van der Waals surface area contributed by atoms with Crippen molar-refractivity contribution in [2.75, 3.05) is 0 Å². The number of aliphatic imine (C=N–C) groups is 2. The van der Waals surface area contributed by atoms with Crippen LogP contribution in [0.3, 0.4) is 0 Å². The fraction of sp³-hybridized carbons (Fsp3) is 0.0377. The molecule has 58 heavy (non-hydrogen) atoms. The number of hydrogen-bond acceptors (Lipinski definition) is 5. The number of rotatable bonds is 5. The van der Waals surface area contributed by atoms with Crippen LogP contribution in [-0.2, 0) is 5.41 Å². The molecule has 0 aromatic heterocycles. The Kier molecular flexibility index (Phi) is 8.06. The molecule has 4 nitrogen and oxygen atoms in total. The monoisotopic (exact) mass is 758 g/mol. The van der Waals surface area contributed by atoms with Gasteiger partial charge in [0.25, 0.3) is 0 Å². The zero-order valence-electron chi connectivity index (χ0n) is 31.3. The SMILES string of the molecule is N#Cc1ccc(-c2ccc(-c3cccc4c3-c3ccc(C5=NC(c6ccccc6)NC(c6ccccc6)=N5)cc3C43c4ccccc4Sc4ccccc43)cc2)cc1. The van der Waals surface area contributed by atoms with E-state index >= 15 is 0 Å². The summed E-state index contributed by atoms with van der Waals surface area (Å²) in [5.74, 6) is 1.50.